The molecule has 1 amide bonds. The molecule has 0 aliphatic carbocycles. The monoisotopic (exact) mass is 385 g/mol. The minimum atomic E-state index is -0.572. The van der Waals surface area contributed by atoms with Gasteiger partial charge in [0.05, 0.1) is 6.04 Å². The van der Waals surface area contributed by atoms with Crippen LogP contribution in [0.4, 0.5) is 0 Å². The van der Waals surface area contributed by atoms with Gasteiger partial charge in [-0.2, -0.15) is 0 Å². The number of hydrogen-bond acceptors (Lipinski definition) is 6. The molecule has 27 heavy (non-hydrogen) atoms. The fraction of sp³-hybridized carbons (Fsp3) is 0.833. The van der Waals surface area contributed by atoms with Crippen LogP contribution in [0, 0.1) is 11.3 Å². The van der Waals surface area contributed by atoms with Crippen molar-refractivity contribution in [2.45, 2.75) is 57.9 Å². The molecule has 9 heteroatoms. The first-order valence-electron chi connectivity index (χ1n) is 9.93. The quantitative estimate of drug-likeness (QED) is 0.0994. The third kappa shape index (κ3) is 15.1. The molecule has 2 atom stereocenters. The Morgan fingerprint density at radius 1 is 0.963 bits per heavy atom. The normalized spacial score (nSPS) is 13.0. The topological polar surface area (TPSA) is 172 Å². The summed E-state index contributed by atoms with van der Waals surface area (Å²) in [4.78, 5) is 24.4. The highest BCUT2D eigenvalue weighted by atomic mass is 16.2. The van der Waals surface area contributed by atoms with Gasteiger partial charge in [-0.1, -0.05) is 6.42 Å². The Balaban J connectivity index is 4.05. The van der Waals surface area contributed by atoms with Crippen molar-refractivity contribution < 1.29 is 9.59 Å². The van der Waals surface area contributed by atoms with Gasteiger partial charge in [0.2, 0.25) is 5.91 Å². The fourth-order valence-electron chi connectivity index (χ4n) is 2.71. The number of carbonyl (C=O) groups excluding carboxylic acids is 2. The lowest BCUT2D eigenvalue weighted by atomic mass is 9.90. The first-order chi connectivity index (χ1) is 12.9. The number of carbonyl (C=O) groups is 2. The Labute approximate surface area is 163 Å². The van der Waals surface area contributed by atoms with Crippen molar-refractivity contribution in [3.05, 3.63) is 0 Å². The molecule has 0 heterocycles. The van der Waals surface area contributed by atoms with Gasteiger partial charge in [-0.25, -0.2) is 0 Å². The van der Waals surface area contributed by atoms with Crippen LogP contribution in [-0.2, 0) is 9.59 Å². The van der Waals surface area contributed by atoms with Crippen molar-refractivity contribution in [1.82, 2.24) is 16.0 Å². The molecule has 0 aliphatic heterocycles. The van der Waals surface area contributed by atoms with Crippen LogP contribution in [0.3, 0.4) is 0 Å². The summed E-state index contributed by atoms with van der Waals surface area (Å²) in [7, 11) is 0. The molecular formula is C18H39N7O2. The van der Waals surface area contributed by atoms with E-state index in [9.17, 15) is 9.59 Å². The Morgan fingerprint density at radius 3 is 2.19 bits per heavy atom. The molecule has 0 aromatic carbocycles. The number of amides is 1. The third-order valence-electron chi connectivity index (χ3n) is 4.24. The van der Waals surface area contributed by atoms with E-state index in [1.54, 1.807) is 6.92 Å². The summed E-state index contributed by atoms with van der Waals surface area (Å²) in [6.45, 7) is 5.38. The molecule has 0 spiro atoms. The molecule has 10 N–H and O–H groups in total. The van der Waals surface area contributed by atoms with Crippen molar-refractivity contribution in [2.24, 2.45) is 23.1 Å². The van der Waals surface area contributed by atoms with Gasteiger partial charge >= 0.3 is 0 Å². The van der Waals surface area contributed by atoms with Crippen LogP contribution in [0.5, 0.6) is 0 Å². The van der Waals surface area contributed by atoms with Crippen LogP contribution in [0.2, 0.25) is 0 Å². The molecule has 9 nitrogen and oxygen atoms in total. The number of nitrogens with one attached hydrogen (secondary N) is 4. The summed E-state index contributed by atoms with van der Waals surface area (Å²) in [5.41, 5.74) is 16.4. The molecule has 0 bridgehead atoms. The van der Waals surface area contributed by atoms with E-state index in [2.05, 4.69) is 16.0 Å². The third-order valence-corrected chi connectivity index (χ3v) is 4.24. The SMILES string of the molecule is C[C@H](N)C(=O)C(CCCCNC(=N)N)CC(=O)NCCCCNCCCN. The number of guanidine groups is 1. The molecule has 0 aromatic rings. The van der Waals surface area contributed by atoms with Gasteiger partial charge in [0.25, 0.3) is 0 Å². The largest absolute Gasteiger partial charge is 0.370 e. The number of Topliss-reactive ketones (excluding diaryl/α,β-unsaturated/α-hetero) is 1. The smallest absolute Gasteiger partial charge is 0.220 e. The van der Waals surface area contributed by atoms with Crippen LogP contribution >= 0.6 is 0 Å². The lowest BCUT2D eigenvalue weighted by Gasteiger charge is -2.18. The molecule has 0 aromatic heterocycles. The van der Waals surface area contributed by atoms with E-state index in [4.69, 9.17) is 22.6 Å². The van der Waals surface area contributed by atoms with E-state index in [0.29, 0.717) is 26.1 Å². The van der Waals surface area contributed by atoms with Crippen molar-refractivity contribution >= 4 is 17.6 Å². The van der Waals surface area contributed by atoms with E-state index in [1.807, 2.05) is 0 Å². The molecule has 0 rings (SSSR count). The molecule has 0 saturated heterocycles. The molecule has 0 radical (unpaired) electrons. The number of hydrogen-bond donors (Lipinski definition) is 7. The number of unbranched alkanes of at least 4 members (excludes halogenated alkanes) is 2. The highest BCUT2D eigenvalue weighted by Gasteiger charge is 2.23. The van der Waals surface area contributed by atoms with E-state index < -0.39 is 6.04 Å². The van der Waals surface area contributed by atoms with Crippen LogP contribution in [0.1, 0.15) is 51.9 Å². The van der Waals surface area contributed by atoms with Crippen LogP contribution in [0.15, 0.2) is 0 Å². The van der Waals surface area contributed by atoms with Gasteiger partial charge in [-0.3, -0.25) is 15.0 Å². The second kappa shape index (κ2) is 16.5. The molecule has 1 unspecified atom stereocenters. The lowest BCUT2D eigenvalue weighted by molar-refractivity contribution is -0.129. The number of rotatable bonds is 17. The average Bonchev–Trinajstić information content (AvgIpc) is 2.61. The van der Waals surface area contributed by atoms with Gasteiger partial charge < -0.3 is 33.2 Å². The zero-order chi connectivity index (χ0) is 20.5. The Bertz CT molecular complexity index is 430. The molecule has 158 valence electrons. The van der Waals surface area contributed by atoms with E-state index >= 15 is 0 Å². The van der Waals surface area contributed by atoms with E-state index in [-0.39, 0.29) is 30.0 Å². The number of ketones is 1. The zero-order valence-corrected chi connectivity index (χ0v) is 16.7. The maximum atomic E-state index is 12.3. The van der Waals surface area contributed by atoms with Gasteiger partial charge in [0, 0.05) is 25.4 Å². The van der Waals surface area contributed by atoms with Crippen molar-refractivity contribution in [1.29, 1.82) is 5.41 Å². The predicted molar refractivity (Wildman–Crippen MR) is 109 cm³/mol. The highest BCUT2D eigenvalue weighted by Crippen LogP contribution is 2.15. The van der Waals surface area contributed by atoms with E-state index in [0.717, 1.165) is 45.2 Å². The maximum Gasteiger partial charge on any atom is 0.220 e. The summed E-state index contributed by atoms with van der Waals surface area (Å²) in [6.07, 6.45) is 5.18. The first kappa shape index (κ1) is 25.3. The summed E-state index contributed by atoms with van der Waals surface area (Å²) in [6, 6.07) is -0.572. The molecule has 0 saturated carbocycles. The van der Waals surface area contributed by atoms with Crippen molar-refractivity contribution in [3.8, 4) is 0 Å². The van der Waals surface area contributed by atoms with Crippen LogP contribution < -0.4 is 33.2 Å². The molecule has 0 aliphatic rings. The second-order valence-corrected chi connectivity index (χ2v) is 6.88. The summed E-state index contributed by atoms with van der Waals surface area (Å²) < 4.78 is 0. The zero-order valence-electron chi connectivity index (χ0n) is 16.7. The lowest BCUT2D eigenvalue weighted by Crippen LogP contribution is -2.36. The summed E-state index contributed by atoms with van der Waals surface area (Å²) >= 11 is 0. The van der Waals surface area contributed by atoms with Gasteiger partial charge in [-0.05, 0) is 58.7 Å². The second-order valence-electron chi connectivity index (χ2n) is 6.88. The van der Waals surface area contributed by atoms with Gasteiger partial charge in [0.1, 0.15) is 0 Å². The standard InChI is InChI=1S/C18H39N7O2/c1-14(20)17(27)15(7-2-3-12-25-18(21)22)13-16(26)24-11-5-4-9-23-10-6-8-19/h14-15,23H,2-13,19-20H2,1H3,(H,24,26)(H4,21,22,25)/t14-,15?/m0/s1. The predicted octanol–water partition coefficient (Wildman–Crippen LogP) is -0.603. The number of nitrogens with two attached hydrogens (primary N) is 3. The van der Waals surface area contributed by atoms with Crippen molar-refractivity contribution in [3.63, 3.8) is 0 Å². The van der Waals surface area contributed by atoms with Crippen LogP contribution in [-0.4, -0.2) is 56.4 Å². The highest BCUT2D eigenvalue weighted by molar-refractivity contribution is 5.90. The summed E-state index contributed by atoms with van der Waals surface area (Å²) in [5, 5.41) is 16.0. The van der Waals surface area contributed by atoms with E-state index in [1.165, 1.54) is 0 Å². The van der Waals surface area contributed by atoms with Crippen molar-refractivity contribution in [2.75, 3.05) is 32.7 Å². The molecule has 0 fully saturated rings. The minimum absolute atomic E-state index is 0.0628. The Hall–Kier alpha value is -1.71. The average molecular weight is 386 g/mol. The molecular weight excluding hydrogens is 346 g/mol. The fourth-order valence-corrected chi connectivity index (χ4v) is 2.71. The summed E-state index contributed by atoms with van der Waals surface area (Å²) in [5.74, 6) is -0.604. The maximum absolute atomic E-state index is 12.3. The van der Waals surface area contributed by atoms with Crippen LogP contribution in [0.25, 0.3) is 0 Å². The van der Waals surface area contributed by atoms with Gasteiger partial charge in [-0.15, -0.1) is 0 Å². The van der Waals surface area contributed by atoms with Gasteiger partial charge in [0.15, 0.2) is 11.7 Å². The first-order valence-corrected chi connectivity index (χ1v) is 9.93. The Morgan fingerprint density at radius 2 is 1.56 bits per heavy atom. The Kier molecular flexibility index (Phi) is 15.4. The minimum Gasteiger partial charge on any atom is -0.370 e.